The van der Waals surface area contributed by atoms with Crippen LogP contribution in [-0.2, 0) is 14.9 Å². The van der Waals surface area contributed by atoms with E-state index in [1.54, 1.807) is 0 Å². The summed E-state index contributed by atoms with van der Waals surface area (Å²) in [5.74, 6) is -1.80. The van der Waals surface area contributed by atoms with Gasteiger partial charge in [-0.15, -0.1) is 0 Å². The average molecular weight is 276 g/mol. The zero-order valence-electron chi connectivity index (χ0n) is 8.84. The summed E-state index contributed by atoms with van der Waals surface area (Å²) in [6.07, 6.45) is 0.576. The molecule has 0 unspecified atom stereocenters. The van der Waals surface area contributed by atoms with Gasteiger partial charge in [-0.25, -0.2) is 8.42 Å². The molecule has 0 saturated heterocycles. The molecule has 1 aromatic rings. The van der Waals surface area contributed by atoms with E-state index in [0.717, 1.165) is 0 Å². The Balaban J connectivity index is 0.00000144. The van der Waals surface area contributed by atoms with Gasteiger partial charge < -0.3 is 4.55 Å². The molecule has 2 rings (SSSR count). The minimum absolute atomic E-state index is 0. The van der Waals surface area contributed by atoms with E-state index in [2.05, 4.69) is 0 Å². The number of hydrogen-bond donors (Lipinski definition) is 0. The number of carbonyl (C=O) groups excluding carboxylic acids is 2. The molecule has 0 saturated carbocycles. The van der Waals surface area contributed by atoms with E-state index in [0.29, 0.717) is 6.08 Å². The first-order valence-electron chi connectivity index (χ1n) is 4.27. The zero-order chi connectivity index (χ0) is 11.9. The predicted octanol–water partition coefficient (Wildman–Crippen LogP) is -2.66. The number of ketones is 2. The second kappa shape index (κ2) is 5.23. The monoisotopic (exact) mass is 276 g/mol. The fraction of sp³-hybridized carbons (Fsp3) is 0. The van der Waals surface area contributed by atoms with E-state index in [1.807, 2.05) is 0 Å². The Morgan fingerprint density at radius 1 is 1.00 bits per heavy atom. The van der Waals surface area contributed by atoms with E-state index in [-0.39, 0.29) is 62.5 Å². The van der Waals surface area contributed by atoms with Crippen molar-refractivity contribution in [1.82, 2.24) is 0 Å². The van der Waals surface area contributed by atoms with Gasteiger partial charge in [0, 0.05) is 17.2 Å². The number of benzene rings is 1. The van der Waals surface area contributed by atoms with Gasteiger partial charge in [-0.2, -0.15) is 0 Å². The van der Waals surface area contributed by atoms with Crippen LogP contribution in [0.1, 0.15) is 15.9 Å². The fourth-order valence-corrected chi connectivity index (χ4v) is 2.20. The molecule has 0 bridgehead atoms. The van der Waals surface area contributed by atoms with Crippen LogP contribution >= 0.6 is 0 Å². The molecule has 0 radical (unpaired) electrons. The van der Waals surface area contributed by atoms with Crippen molar-refractivity contribution >= 4 is 26.6 Å². The van der Waals surface area contributed by atoms with Gasteiger partial charge in [-0.3, -0.25) is 9.59 Å². The Bertz CT molecular complexity index is 630. The van der Waals surface area contributed by atoms with Gasteiger partial charge in [0.15, 0.2) is 0 Å². The summed E-state index contributed by atoms with van der Waals surface area (Å²) in [6, 6.07) is 5.61. The Kier molecular flexibility index (Phi) is 4.58. The largest absolute Gasteiger partial charge is 1.00 e. The van der Waals surface area contributed by atoms with Crippen molar-refractivity contribution in [3.05, 3.63) is 41.5 Å². The quantitative estimate of drug-likeness (QED) is 0.317. The average Bonchev–Trinajstić information content (AvgIpc) is 2.22. The van der Waals surface area contributed by atoms with Crippen molar-refractivity contribution in [2.75, 3.05) is 0 Å². The van der Waals surface area contributed by atoms with E-state index in [4.69, 9.17) is 0 Å². The Morgan fingerprint density at radius 3 is 2.06 bits per heavy atom. The summed E-state index contributed by atoms with van der Waals surface area (Å²) in [5.41, 5.74) is -0.0634. The van der Waals surface area contributed by atoms with Gasteiger partial charge in [-0.1, -0.05) is 24.3 Å². The summed E-state index contributed by atoms with van der Waals surface area (Å²) in [4.78, 5) is 21.9. The van der Waals surface area contributed by atoms with Crippen LogP contribution in [0, 0.1) is 0 Å². The summed E-state index contributed by atoms with van der Waals surface area (Å²) >= 11 is 0. The van der Waals surface area contributed by atoms with Crippen LogP contribution in [0.5, 0.6) is 0 Å². The third-order valence-electron chi connectivity index (χ3n) is 2.19. The van der Waals surface area contributed by atoms with Crippen molar-refractivity contribution in [2.45, 2.75) is 0 Å². The SMILES string of the molecule is O=C1C=C(S(=O)(=O)[O-])c2ccccc2C1=O.[K+]. The molecule has 0 N–H and O–H groups in total. The van der Waals surface area contributed by atoms with Crippen molar-refractivity contribution < 1.29 is 73.9 Å². The zero-order valence-corrected chi connectivity index (χ0v) is 12.8. The summed E-state index contributed by atoms with van der Waals surface area (Å²) < 4.78 is 32.7. The van der Waals surface area contributed by atoms with Gasteiger partial charge >= 0.3 is 51.4 Å². The Labute approximate surface area is 140 Å². The van der Waals surface area contributed by atoms with E-state index in [9.17, 15) is 22.6 Å². The number of allylic oxidation sites excluding steroid dienone is 1. The smallest absolute Gasteiger partial charge is 0.744 e. The van der Waals surface area contributed by atoms with Crippen molar-refractivity contribution in [3.63, 3.8) is 0 Å². The molecular weight excluding hydrogens is 271 g/mol. The van der Waals surface area contributed by atoms with E-state index < -0.39 is 26.6 Å². The van der Waals surface area contributed by atoms with Crippen molar-refractivity contribution in [1.29, 1.82) is 0 Å². The first-order chi connectivity index (χ1) is 7.41. The maximum absolute atomic E-state index is 11.4. The second-order valence-corrected chi connectivity index (χ2v) is 4.55. The number of rotatable bonds is 1. The van der Waals surface area contributed by atoms with Crippen LogP contribution in [0.3, 0.4) is 0 Å². The minimum Gasteiger partial charge on any atom is -0.744 e. The molecule has 0 atom stereocenters. The molecule has 0 aliphatic heterocycles. The Morgan fingerprint density at radius 2 is 1.53 bits per heavy atom. The van der Waals surface area contributed by atoms with Crippen LogP contribution < -0.4 is 51.4 Å². The molecule has 17 heavy (non-hydrogen) atoms. The molecule has 0 spiro atoms. The molecule has 5 nitrogen and oxygen atoms in total. The number of carbonyl (C=O) groups is 2. The first-order valence-corrected chi connectivity index (χ1v) is 5.68. The normalized spacial score (nSPS) is 14.8. The third-order valence-corrected chi connectivity index (χ3v) is 3.07. The number of hydrogen-bond acceptors (Lipinski definition) is 5. The molecule has 0 aromatic heterocycles. The second-order valence-electron chi connectivity index (χ2n) is 3.20. The minimum atomic E-state index is -4.76. The number of Topliss-reactive ketones (excluding diaryl/α,β-unsaturated/α-hetero) is 1. The standard InChI is InChI=1S/C10H6O5S.K/c11-8-5-9(16(13,14)15)6-3-1-2-4-7(6)10(8)12;/h1-5H,(H,13,14,15);/q;+1/p-1. The third kappa shape index (κ3) is 2.82. The number of fused-ring (bicyclic) bond motifs is 1. The molecule has 0 heterocycles. The van der Waals surface area contributed by atoms with Crippen LogP contribution in [0.25, 0.3) is 4.91 Å². The van der Waals surface area contributed by atoms with E-state index in [1.165, 1.54) is 24.3 Å². The van der Waals surface area contributed by atoms with Crippen molar-refractivity contribution in [3.8, 4) is 0 Å². The van der Waals surface area contributed by atoms with Crippen LogP contribution in [-0.4, -0.2) is 24.5 Å². The predicted molar refractivity (Wildman–Crippen MR) is 53.5 cm³/mol. The van der Waals surface area contributed by atoms with Gasteiger partial charge in [-0.05, 0) is 0 Å². The Hall–Kier alpha value is -0.154. The van der Waals surface area contributed by atoms with Gasteiger partial charge in [0.05, 0.1) is 4.91 Å². The molecule has 7 heteroatoms. The van der Waals surface area contributed by atoms with Crippen LogP contribution in [0.4, 0.5) is 0 Å². The topological polar surface area (TPSA) is 91.3 Å². The van der Waals surface area contributed by atoms with E-state index >= 15 is 0 Å². The van der Waals surface area contributed by atoms with Gasteiger partial charge in [0.1, 0.15) is 10.1 Å². The summed E-state index contributed by atoms with van der Waals surface area (Å²) in [7, 11) is -4.76. The maximum Gasteiger partial charge on any atom is 1.00 e. The first kappa shape index (κ1) is 14.9. The summed E-state index contributed by atoms with van der Waals surface area (Å²) in [5, 5.41) is 0. The molecule has 1 aliphatic carbocycles. The van der Waals surface area contributed by atoms with Gasteiger partial charge in [0.2, 0.25) is 11.6 Å². The molecule has 1 aliphatic rings. The van der Waals surface area contributed by atoms with Crippen LogP contribution in [0.2, 0.25) is 0 Å². The van der Waals surface area contributed by atoms with Crippen molar-refractivity contribution in [2.24, 2.45) is 0 Å². The molecular formula is C10H5KO5S. The van der Waals surface area contributed by atoms with Gasteiger partial charge in [0.25, 0.3) is 0 Å². The molecule has 1 aromatic carbocycles. The fourth-order valence-electron chi connectivity index (χ4n) is 1.50. The summed E-state index contributed by atoms with van der Waals surface area (Å²) in [6.45, 7) is 0. The molecule has 82 valence electrons. The molecule has 0 amide bonds. The maximum atomic E-state index is 11.4. The molecule has 0 fully saturated rings. The van der Waals surface area contributed by atoms with Crippen LogP contribution in [0.15, 0.2) is 30.3 Å².